The van der Waals surface area contributed by atoms with Crippen molar-refractivity contribution in [3.05, 3.63) is 35.4 Å². The number of amides is 3. The maximum atomic E-state index is 14.1. The van der Waals surface area contributed by atoms with Crippen molar-refractivity contribution < 1.29 is 28.7 Å². The van der Waals surface area contributed by atoms with Crippen LogP contribution in [-0.4, -0.2) is 60.1 Å². The third-order valence-electron chi connectivity index (χ3n) is 6.12. The summed E-state index contributed by atoms with van der Waals surface area (Å²) < 4.78 is 10.4. The van der Waals surface area contributed by atoms with Crippen molar-refractivity contribution in [2.75, 3.05) is 19.7 Å². The highest BCUT2D eigenvalue weighted by atomic mass is 16.6. The van der Waals surface area contributed by atoms with Gasteiger partial charge < -0.3 is 25.0 Å². The maximum absolute atomic E-state index is 14.1. The lowest BCUT2D eigenvalue weighted by Gasteiger charge is -2.36. The fraction of sp³-hybridized carbons (Fsp3) is 0.667. The minimum absolute atomic E-state index is 0.0271. The van der Waals surface area contributed by atoms with Gasteiger partial charge in [-0.1, -0.05) is 64.3 Å². The first-order valence-electron chi connectivity index (χ1n) is 14.1. The van der Waals surface area contributed by atoms with Crippen LogP contribution in [0, 0.1) is 12.8 Å². The molecule has 1 aromatic rings. The van der Waals surface area contributed by atoms with Gasteiger partial charge in [-0.05, 0) is 58.1 Å². The fourth-order valence-corrected chi connectivity index (χ4v) is 4.16. The van der Waals surface area contributed by atoms with Crippen molar-refractivity contribution in [3.63, 3.8) is 0 Å². The number of unbranched alkanes of at least 4 members (excludes halogenated alkanes) is 3. The van der Waals surface area contributed by atoms with Crippen LogP contribution in [0.15, 0.2) is 24.3 Å². The molecule has 2 N–H and O–H groups in total. The summed E-state index contributed by atoms with van der Waals surface area (Å²) in [7, 11) is 0. The zero-order chi connectivity index (χ0) is 29.6. The second kappa shape index (κ2) is 16.8. The Morgan fingerprint density at radius 3 is 2.23 bits per heavy atom. The number of nitrogens with zero attached hydrogens (tertiary/aromatic N) is 1. The largest absolute Gasteiger partial charge is 0.466 e. The molecule has 2 atom stereocenters. The number of carbonyl (C=O) groups excluding carboxylic acids is 4. The summed E-state index contributed by atoms with van der Waals surface area (Å²) in [6, 6.07) is 5.60. The van der Waals surface area contributed by atoms with Crippen molar-refractivity contribution in [2.45, 2.75) is 105 Å². The average molecular weight is 548 g/mol. The monoisotopic (exact) mass is 547 g/mol. The topological polar surface area (TPSA) is 114 Å². The number of rotatable bonds is 15. The highest BCUT2D eigenvalue weighted by Gasteiger charge is 2.37. The molecule has 1 aromatic carbocycles. The Balaban J connectivity index is 3.41. The molecule has 39 heavy (non-hydrogen) atoms. The Morgan fingerprint density at radius 1 is 1.00 bits per heavy atom. The molecule has 0 aliphatic carbocycles. The molecule has 0 aromatic heterocycles. The predicted molar refractivity (Wildman–Crippen MR) is 152 cm³/mol. The lowest BCUT2D eigenvalue weighted by Crippen LogP contribution is -2.55. The molecule has 3 amide bonds. The molecule has 0 spiro atoms. The zero-order valence-electron chi connectivity index (χ0n) is 25.1. The molecule has 9 nitrogen and oxygen atoms in total. The summed E-state index contributed by atoms with van der Waals surface area (Å²) in [5.74, 6) is -1.41. The van der Waals surface area contributed by atoms with Crippen LogP contribution in [0.3, 0.4) is 0 Å². The first-order valence-corrected chi connectivity index (χ1v) is 14.1. The third-order valence-corrected chi connectivity index (χ3v) is 6.12. The van der Waals surface area contributed by atoms with E-state index in [1.54, 1.807) is 32.6 Å². The van der Waals surface area contributed by atoms with Crippen LogP contribution in [0.1, 0.15) is 97.7 Å². The predicted octanol–water partition coefficient (Wildman–Crippen LogP) is 5.06. The summed E-state index contributed by atoms with van der Waals surface area (Å²) in [5.41, 5.74) is 0.821. The fourth-order valence-electron chi connectivity index (χ4n) is 4.16. The van der Waals surface area contributed by atoms with Crippen LogP contribution in [0.5, 0.6) is 0 Å². The Labute approximate surface area is 234 Å². The minimum atomic E-state index is -0.941. The standard InChI is InChI=1S/C30H49N3O6/c1-9-11-12-15-20-33(28(36)25(21(3)4)32-29(37)39-30(6,7)8)26(23-17-14-13-16-22(23)5)27(35)31-19-18-24(34)38-10-2/h13-14,16-17,21,25-26H,9-12,15,18-20H2,1-8H3,(H,31,35)(H,32,37). The zero-order valence-corrected chi connectivity index (χ0v) is 25.1. The molecule has 0 bridgehead atoms. The number of carbonyl (C=O) groups is 4. The van der Waals surface area contributed by atoms with E-state index in [2.05, 4.69) is 17.6 Å². The van der Waals surface area contributed by atoms with Gasteiger partial charge >= 0.3 is 12.1 Å². The van der Waals surface area contributed by atoms with Gasteiger partial charge in [0, 0.05) is 13.1 Å². The number of alkyl carbamates (subject to hydrolysis) is 1. The molecular formula is C30H49N3O6. The quantitative estimate of drug-likeness (QED) is 0.234. The molecule has 0 aliphatic rings. The van der Waals surface area contributed by atoms with Crippen molar-refractivity contribution in [1.82, 2.24) is 15.5 Å². The van der Waals surface area contributed by atoms with Crippen LogP contribution in [0.4, 0.5) is 4.79 Å². The molecule has 220 valence electrons. The molecule has 0 saturated carbocycles. The van der Waals surface area contributed by atoms with Crippen molar-refractivity contribution in [1.29, 1.82) is 0 Å². The van der Waals surface area contributed by atoms with Crippen LogP contribution in [0.2, 0.25) is 0 Å². The van der Waals surface area contributed by atoms with Crippen molar-refractivity contribution in [2.24, 2.45) is 5.92 Å². The van der Waals surface area contributed by atoms with Crippen molar-refractivity contribution in [3.8, 4) is 0 Å². The maximum Gasteiger partial charge on any atom is 0.408 e. The summed E-state index contributed by atoms with van der Waals surface area (Å²) in [5, 5.41) is 5.57. The molecule has 0 radical (unpaired) electrons. The van der Waals surface area contributed by atoms with Gasteiger partial charge in [-0.25, -0.2) is 4.79 Å². The second-order valence-electron chi connectivity index (χ2n) is 11.1. The van der Waals surface area contributed by atoms with Gasteiger partial charge in [-0.2, -0.15) is 0 Å². The van der Waals surface area contributed by atoms with Crippen LogP contribution in [-0.2, 0) is 23.9 Å². The number of ether oxygens (including phenoxy) is 2. The number of hydrogen-bond acceptors (Lipinski definition) is 6. The van der Waals surface area contributed by atoms with E-state index in [4.69, 9.17) is 9.47 Å². The van der Waals surface area contributed by atoms with Gasteiger partial charge in [0.2, 0.25) is 11.8 Å². The molecule has 0 heterocycles. The van der Waals surface area contributed by atoms with E-state index in [1.807, 2.05) is 45.0 Å². The number of nitrogens with one attached hydrogen (secondary N) is 2. The van der Waals surface area contributed by atoms with E-state index in [0.29, 0.717) is 18.5 Å². The smallest absolute Gasteiger partial charge is 0.408 e. The SMILES string of the molecule is CCCCCCN(C(=O)C(NC(=O)OC(C)(C)C)C(C)C)C(C(=O)NCCC(=O)OCC)c1ccccc1C. The van der Waals surface area contributed by atoms with Crippen LogP contribution in [0.25, 0.3) is 0 Å². The Bertz CT molecular complexity index is 941. The number of aryl methyl sites for hydroxylation is 1. The first-order chi connectivity index (χ1) is 18.3. The molecular weight excluding hydrogens is 498 g/mol. The van der Waals surface area contributed by atoms with Gasteiger partial charge in [0.15, 0.2) is 0 Å². The minimum Gasteiger partial charge on any atom is -0.466 e. The summed E-state index contributed by atoms with van der Waals surface area (Å²) in [6.45, 7) is 15.4. The Hall–Kier alpha value is -3.10. The highest BCUT2D eigenvalue weighted by Crippen LogP contribution is 2.27. The van der Waals surface area contributed by atoms with E-state index in [9.17, 15) is 19.2 Å². The van der Waals surface area contributed by atoms with Gasteiger partial charge in [-0.15, -0.1) is 0 Å². The number of hydrogen-bond donors (Lipinski definition) is 2. The van der Waals surface area contributed by atoms with Gasteiger partial charge in [0.25, 0.3) is 0 Å². The normalized spacial score (nSPS) is 12.8. The lowest BCUT2D eigenvalue weighted by molar-refractivity contribution is -0.145. The summed E-state index contributed by atoms with van der Waals surface area (Å²) in [6.07, 6.45) is 2.98. The molecule has 0 fully saturated rings. The molecule has 0 saturated heterocycles. The molecule has 1 rings (SSSR count). The first kappa shape index (κ1) is 33.9. The second-order valence-corrected chi connectivity index (χ2v) is 11.1. The lowest BCUT2D eigenvalue weighted by atomic mass is 9.95. The summed E-state index contributed by atoms with van der Waals surface area (Å²) in [4.78, 5) is 53.9. The number of benzene rings is 1. The van der Waals surface area contributed by atoms with Gasteiger partial charge in [-0.3, -0.25) is 14.4 Å². The molecule has 9 heteroatoms. The Morgan fingerprint density at radius 2 is 1.67 bits per heavy atom. The van der Waals surface area contributed by atoms with E-state index in [-0.39, 0.29) is 31.4 Å². The van der Waals surface area contributed by atoms with Crippen LogP contribution >= 0.6 is 0 Å². The van der Waals surface area contributed by atoms with E-state index in [1.165, 1.54) is 0 Å². The van der Waals surface area contributed by atoms with Crippen LogP contribution < -0.4 is 10.6 Å². The summed E-state index contributed by atoms with van der Waals surface area (Å²) >= 11 is 0. The van der Waals surface area contributed by atoms with E-state index in [0.717, 1.165) is 24.8 Å². The molecule has 0 aliphatic heterocycles. The Kier molecular flexibility index (Phi) is 14.6. The highest BCUT2D eigenvalue weighted by molar-refractivity contribution is 5.92. The molecule has 2 unspecified atom stereocenters. The van der Waals surface area contributed by atoms with E-state index < -0.39 is 35.7 Å². The average Bonchev–Trinajstić information content (AvgIpc) is 2.83. The third kappa shape index (κ3) is 12.1. The van der Waals surface area contributed by atoms with Gasteiger partial charge in [0.1, 0.15) is 17.7 Å². The number of esters is 1. The van der Waals surface area contributed by atoms with Crippen molar-refractivity contribution >= 4 is 23.9 Å². The van der Waals surface area contributed by atoms with E-state index >= 15 is 0 Å². The van der Waals surface area contributed by atoms with Gasteiger partial charge in [0.05, 0.1) is 13.0 Å².